The van der Waals surface area contributed by atoms with Gasteiger partial charge in [-0.3, -0.25) is 9.67 Å². The maximum Gasteiger partial charge on any atom is 0.190 e. The van der Waals surface area contributed by atoms with E-state index in [2.05, 4.69) is 64.2 Å². The molecule has 0 amide bonds. The van der Waals surface area contributed by atoms with Crippen LogP contribution in [0.1, 0.15) is 24.0 Å². The lowest BCUT2D eigenvalue weighted by Gasteiger charge is -2.11. The molecule has 0 saturated carbocycles. The van der Waals surface area contributed by atoms with Crippen molar-refractivity contribution in [3.05, 3.63) is 53.9 Å². The molecule has 2 rings (SSSR count). The van der Waals surface area contributed by atoms with Gasteiger partial charge in [-0.2, -0.15) is 5.10 Å². The van der Waals surface area contributed by atoms with E-state index in [1.54, 1.807) is 0 Å². The second-order valence-corrected chi connectivity index (χ2v) is 5.65. The van der Waals surface area contributed by atoms with Gasteiger partial charge in [0.1, 0.15) is 0 Å². The molecule has 5 heteroatoms. The van der Waals surface area contributed by atoms with Crippen molar-refractivity contribution in [3.8, 4) is 0 Å². The van der Waals surface area contributed by atoms with E-state index in [0.717, 1.165) is 44.9 Å². The molecule has 2 aromatic rings. The van der Waals surface area contributed by atoms with Crippen LogP contribution in [-0.4, -0.2) is 35.9 Å². The van der Waals surface area contributed by atoms with Crippen LogP contribution < -0.4 is 10.6 Å². The summed E-state index contributed by atoms with van der Waals surface area (Å²) in [7, 11) is 1.81. The third-order valence-electron chi connectivity index (χ3n) is 3.62. The Morgan fingerprint density at radius 1 is 1.13 bits per heavy atom. The SMILES string of the molecule is CN=C(NCCCc1ccccc1)NCCCn1cc(C)cn1. The number of aryl methyl sites for hydroxylation is 3. The molecule has 0 aliphatic carbocycles. The summed E-state index contributed by atoms with van der Waals surface area (Å²) in [5.41, 5.74) is 2.58. The van der Waals surface area contributed by atoms with Crippen molar-refractivity contribution in [2.24, 2.45) is 4.99 Å². The molecule has 0 radical (unpaired) electrons. The Morgan fingerprint density at radius 2 is 1.87 bits per heavy atom. The first-order valence-electron chi connectivity index (χ1n) is 8.25. The van der Waals surface area contributed by atoms with Gasteiger partial charge < -0.3 is 10.6 Å². The van der Waals surface area contributed by atoms with E-state index in [1.807, 2.05) is 17.9 Å². The molecule has 0 saturated heterocycles. The molecule has 0 atom stereocenters. The summed E-state index contributed by atoms with van der Waals surface area (Å²) in [6, 6.07) is 10.6. The molecule has 0 unspecified atom stereocenters. The van der Waals surface area contributed by atoms with Crippen LogP contribution in [0, 0.1) is 6.92 Å². The molecule has 2 N–H and O–H groups in total. The summed E-state index contributed by atoms with van der Waals surface area (Å²) in [6.45, 7) is 4.79. The Balaban J connectivity index is 1.56. The van der Waals surface area contributed by atoms with Crippen LogP contribution in [0.2, 0.25) is 0 Å². The fourth-order valence-electron chi connectivity index (χ4n) is 2.40. The third kappa shape index (κ3) is 6.55. The molecule has 1 aromatic carbocycles. The summed E-state index contributed by atoms with van der Waals surface area (Å²) >= 11 is 0. The quantitative estimate of drug-likeness (QED) is 0.447. The second-order valence-electron chi connectivity index (χ2n) is 5.65. The summed E-state index contributed by atoms with van der Waals surface area (Å²) < 4.78 is 1.98. The van der Waals surface area contributed by atoms with Crippen LogP contribution in [0.5, 0.6) is 0 Å². The summed E-state index contributed by atoms with van der Waals surface area (Å²) in [5, 5.41) is 11.0. The van der Waals surface area contributed by atoms with E-state index in [9.17, 15) is 0 Å². The molecule has 0 aliphatic heterocycles. The lowest BCUT2D eigenvalue weighted by Crippen LogP contribution is -2.38. The first kappa shape index (κ1) is 17.1. The van der Waals surface area contributed by atoms with E-state index < -0.39 is 0 Å². The van der Waals surface area contributed by atoms with Crippen molar-refractivity contribution < 1.29 is 0 Å². The first-order valence-corrected chi connectivity index (χ1v) is 8.25. The fraction of sp³-hybridized carbons (Fsp3) is 0.444. The third-order valence-corrected chi connectivity index (χ3v) is 3.62. The predicted octanol–water partition coefficient (Wildman–Crippen LogP) is 2.38. The van der Waals surface area contributed by atoms with E-state index in [4.69, 9.17) is 0 Å². The summed E-state index contributed by atoms with van der Waals surface area (Å²) in [4.78, 5) is 4.25. The first-order chi connectivity index (χ1) is 11.3. The Bertz CT molecular complexity index is 588. The van der Waals surface area contributed by atoms with Gasteiger partial charge in [-0.05, 0) is 37.3 Å². The van der Waals surface area contributed by atoms with Gasteiger partial charge >= 0.3 is 0 Å². The monoisotopic (exact) mass is 313 g/mol. The smallest absolute Gasteiger partial charge is 0.190 e. The zero-order valence-corrected chi connectivity index (χ0v) is 14.1. The van der Waals surface area contributed by atoms with Gasteiger partial charge in [0.25, 0.3) is 0 Å². The maximum absolute atomic E-state index is 4.29. The molecule has 5 nitrogen and oxygen atoms in total. The zero-order valence-electron chi connectivity index (χ0n) is 14.1. The molecule has 23 heavy (non-hydrogen) atoms. The van der Waals surface area contributed by atoms with Gasteiger partial charge in [-0.25, -0.2) is 0 Å². The highest BCUT2D eigenvalue weighted by Gasteiger charge is 1.98. The Morgan fingerprint density at radius 3 is 2.52 bits per heavy atom. The summed E-state index contributed by atoms with van der Waals surface area (Å²) in [6.07, 6.45) is 7.16. The van der Waals surface area contributed by atoms with Crippen LogP contribution in [0.25, 0.3) is 0 Å². The van der Waals surface area contributed by atoms with Gasteiger partial charge in [0.15, 0.2) is 5.96 Å². The predicted molar refractivity (Wildman–Crippen MR) is 95.7 cm³/mol. The van der Waals surface area contributed by atoms with E-state index in [0.29, 0.717) is 0 Å². The highest BCUT2D eigenvalue weighted by Crippen LogP contribution is 2.01. The second kappa shape index (κ2) is 9.66. The molecular formula is C18H27N5. The minimum Gasteiger partial charge on any atom is -0.356 e. The van der Waals surface area contributed by atoms with Crippen LogP contribution in [0.4, 0.5) is 0 Å². The van der Waals surface area contributed by atoms with Crippen molar-refractivity contribution in [1.82, 2.24) is 20.4 Å². The number of hydrogen-bond acceptors (Lipinski definition) is 2. The standard InChI is InChI=1S/C18H27N5/c1-16-14-22-23(15-16)13-7-12-21-18(19-2)20-11-6-10-17-8-4-3-5-9-17/h3-5,8-9,14-15H,6-7,10-13H2,1-2H3,(H2,19,20,21). The van der Waals surface area contributed by atoms with Crippen LogP contribution in [-0.2, 0) is 13.0 Å². The Labute approximate surface area is 138 Å². The number of benzene rings is 1. The van der Waals surface area contributed by atoms with Gasteiger partial charge in [0.2, 0.25) is 0 Å². The number of aromatic nitrogens is 2. The molecule has 124 valence electrons. The molecule has 1 heterocycles. The van der Waals surface area contributed by atoms with Gasteiger partial charge in [0, 0.05) is 32.9 Å². The average molecular weight is 313 g/mol. The highest BCUT2D eigenvalue weighted by atomic mass is 15.3. The number of hydrogen-bond donors (Lipinski definition) is 2. The lowest BCUT2D eigenvalue weighted by atomic mass is 10.1. The minimum absolute atomic E-state index is 0.870. The van der Waals surface area contributed by atoms with Crippen molar-refractivity contribution >= 4 is 5.96 Å². The fourth-order valence-corrected chi connectivity index (χ4v) is 2.40. The molecule has 0 spiro atoms. The van der Waals surface area contributed by atoms with E-state index >= 15 is 0 Å². The Hall–Kier alpha value is -2.30. The van der Waals surface area contributed by atoms with Crippen molar-refractivity contribution in [1.29, 1.82) is 0 Å². The Kier molecular flexibility index (Phi) is 7.17. The van der Waals surface area contributed by atoms with Crippen molar-refractivity contribution in [2.45, 2.75) is 32.7 Å². The number of guanidine groups is 1. The van der Waals surface area contributed by atoms with Crippen LogP contribution in [0.3, 0.4) is 0 Å². The summed E-state index contributed by atoms with van der Waals surface area (Å²) in [5.74, 6) is 0.870. The number of rotatable bonds is 8. The van der Waals surface area contributed by atoms with E-state index in [1.165, 1.54) is 11.1 Å². The lowest BCUT2D eigenvalue weighted by molar-refractivity contribution is 0.569. The van der Waals surface area contributed by atoms with Gasteiger partial charge in [-0.15, -0.1) is 0 Å². The van der Waals surface area contributed by atoms with Gasteiger partial charge in [-0.1, -0.05) is 30.3 Å². The molecule has 0 bridgehead atoms. The van der Waals surface area contributed by atoms with Crippen molar-refractivity contribution in [3.63, 3.8) is 0 Å². The van der Waals surface area contributed by atoms with Gasteiger partial charge in [0.05, 0.1) is 6.20 Å². The number of nitrogens with one attached hydrogen (secondary N) is 2. The largest absolute Gasteiger partial charge is 0.356 e. The number of aliphatic imine (C=N–C) groups is 1. The normalized spacial score (nSPS) is 11.5. The number of nitrogens with zero attached hydrogens (tertiary/aromatic N) is 3. The molecule has 1 aromatic heterocycles. The topological polar surface area (TPSA) is 54.2 Å². The maximum atomic E-state index is 4.29. The molecule has 0 aliphatic rings. The molecule has 0 fully saturated rings. The minimum atomic E-state index is 0.870. The average Bonchev–Trinajstić information content (AvgIpc) is 2.99. The van der Waals surface area contributed by atoms with E-state index in [-0.39, 0.29) is 0 Å². The van der Waals surface area contributed by atoms with Crippen LogP contribution >= 0.6 is 0 Å². The van der Waals surface area contributed by atoms with Crippen molar-refractivity contribution in [2.75, 3.05) is 20.1 Å². The highest BCUT2D eigenvalue weighted by molar-refractivity contribution is 5.79. The molecular weight excluding hydrogens is 286 g/mol. The zero-order chi connectivity index (χ0) is 16.3. The van der Waals surface area contributed by atoms with Crippen LogP contribution in [0.15, 0.2) is 47.7 Å².